The Kier molecular flexibility index (Phi) is 5.48. The third kappa shape index (κ3) is 4.44. The predicted octanol–water partition coefficient (Wildman–Crippen LogP) is 3.76. The lowest BCUT2D eigenvalue weighted by Gasteiger charge is -2.24. The molecule has 3 rings (SSSR count). The molecule has 1 N–H and O–H groups in total. The lowest BCUT2D eigenvalue weighted by atomic mass is 10.2. The van der Waals surface area contributed by atoms with Crippen LogP contribution in [0.5, 0.6) is 0 Å². The van der Waals surface area contributed by atoms with Crippen molar-refractivity contribution in [3.05, 3.63) is 46.7 Å². The van der Waals surface area contributed by atoms with Crippen LogP contribution in [0, 0.1) is 0 Å². The molecule has 5 nitrogen and oxygen atoms in total. The number of alkyl halides is 3. The van der Waals surface area contributed by atoms with Crippen LogP contribution in [0.25, 0.3) is 5.69 Å². The number of benzene rings is 1. The van der Waals surface area contributed by atoms with E-state index in [1.54, 1.807) is 0 Å². The Labute approximate surface area is 160 Å². The molecule has 1 aromatic carbocycles. The molecular formula is C18H20ClF3N4O. The van der Waals surface area contributed by atoms with Gasteiger partial charge in [-0.05, 0) is 51.1 Å². The summed E-state index contributed by atoms with van der Waals surface area (Å²) in [6.45, 7) is 2.19. The quantitative estimate of drug-likeness (QED) is 0.803. The van der Waals surface area contributed by atoms with E-state index in [2.05, 4.69) is 15.3 Å². The van der Waals surface area contributed by atoms with Gasteiger partial charge in [-0.3, -0.25) is 9.69 Å². The van der Waals surface area contributed by atoms with Crippen LogP contribution in [0.1, 0.15) is 35.8 Å². The Balaban J connectivity index is 1.82. The van der Waals surface area contributed by atoms with Crippen molar-refractivity contribution in [1.29, 1.82) is 0 Å². The van der Waals surface area contributed by atoms with E-state index in [1.165, 1.54) is 24.3 Å². The fourth-order valence-electron chi connectivity index (χ4n) is 2.89. The molecule has 1 fully saturated rings. The lowest BCUT2D eigenvalue weighted by Crippen LogP contribution is -2.41. The van der Waals surface area contributed by atoms with Crippen molar-refractivity contribution in [1.82, 2.24) is 20.0 Å². The first-order chi connectivity index (χ1) is 12.7. The first kappa shape index (κ1) is 19.7. The van der Waals surface area contributed by atoms with E-state index in [1.807, 2.05) is 14.0 Å². The summed E-state index contributed by atoms with van der Waals surface area (Å²) in [5.41, 5.74) is -1.43. The summed E-state index contributed by atoms with van der Waals surface area (Å²) >= 11 is 5.79. The van der Waals surface area contributed by atoms with Crippen LogP contribution in [0.2, 0.25) is 5.02 Å². The van der Waals surface area contributed by atoms with Gasteiger partial charge < -0.3 is 5.32 Å². The maximum Gasteiger partial charge on any atom is 0.434 e. The van der Waals surface area contributed by atoms with Gasteiger partial charge in [0.05, 0.1) is 17.4 Å². The van der Waals surface area contributed by atoms with Gasteiger partial charge in [-0.1, -0.05) is 11.6 Å². The molecule has 0 spiro atoms. The summed E-state index contributed by atoms with van der Waals surface area (Å²) in [5, 5.41) is 6.77. The number of likely N-dealkylation sites (N-methyl/N-ethyl adjacent to an activating group) is 1. The van der Waals surface area contributed by atoms with Crippen molar-refractivity contribution < 1.29 is 18.0 Å². The number of hydrogen-bond donors (Lipinski definition) is 1. The molecule has 1 aromatic heterocycles. The third-order valence-electron chi connectivity index (χ3n) is 4.73. The minimum Gasteiger partial charge on any atom is -0.350 e. The van der Waals surface area contributed by atoms with Crippen LogP contribution in [-0.2, 0) is 6.18 Å². The number of aromatic nitrogens is 2. The average Bonchev–Trinajstić information content (AvgIpc) is 3.36. The Morgan fingerprint density at radius 2 is 2.00 bits per heavy atom. The van der Waals surface area contributed by atoms with E-state index in [0.717, 1.165) is 19.0 Å². The summed E-state index contributed by atoms with van der Waals surface area (Å²) < 4.78 is 41.6. The van der Waals surface area contributed by atoms with Crippen LogP contribution in [0.3, 0.4) is 0 Å². The van der Waals surface area contributed by atoms with Gasteiger partial charge in [-0.2, -0.15) is 18.3 Å². The van der Waals surface area contributed by atoms with Crippen LogP contribution >= 0.6 is 11.6 Å². The first-order valence-corrected chi connectivity index (χ1v) is 8.97. The maximum absolute atomic E-state index is 13.6. The number of nitrogens with zero attached hydrogens (tertiary/aromatic N) is 3. The number of nitrogens with one attached hydrogen (secondary N) is 1. The van der Waals surface area contributed by atoms with E-state index in [0.29, 0.717) is 15.7 Å². The first-order valence-electron chi connectivity index (χ1n) is 8.59. The molecule has 2 aromatic rings. The minimum absolute atomic E-state index is 0.0297. The van der Waals surface area contributed by atoms with Gasteiger partial charge >= 0.3 is 6.18 Å². The Morgan fingerprint density at radius 1 is 1.37 bits per heavy atom. The van der Waals surface area contributed by atoms with Crippen molar-refractivity contribution in [2.24, 2.45) is 0 Å². The average molecular weight is 401 g/mol. The molecule has 0 radical (unpaired) electrons. The fraction of sp³-hybridized carbons (Fsp3) is 0.444. The van der Waals surface area contributed by atoms with Crippen molar-refractivity contribution in [2.45, 2.75) is 38.0 Å². The summed E-state index contributed by atoms with van der Waals surface area (Å²) in [6.07, 6.45) is -1.57. The molecule has 27 heavy (non-hydrogen) atoms. The Bertz CT molecular complexity index is 815. The zero-order valence-corrected chi connectivity index (χ0v) is 15.7. The van der Waals surface area contributed by atoms with Crippen molar-refractivity contribution in [3.63, 3.8) is 0 Å². The van der Waals surface area contributed by atoms with Gasteiger partial charge in [-0.15, -0.1) is 0 Å². The molecule has 0 aliphatic heterocycles. The van der Waals surface area contributed by atoms with E-state index in [-0.39, 0.29) is 18.3 Å². The monoisotopic (exact) mass is 400 g/mol. The second-order valence-corrected chi connectivity index (χ2v) is 7.18. The summed E-state index contributed by atoms with van der Waals surface area (Å²) in [6, 6.07) is 6.29. The largest absolute Gasteiger partial charge is 0.434 e. The Morgan fingerprint density at radius 3 is 2.56 bits per heavy atom. The van der Waals surface area contributed by atoms with Crippen molar-refractivity contribution >= 4 is 17.5 Å². The van der Waals surface area contributed by atoms with Gasteiger partial charge in [0, 0.05) is 23.7 Å². The molecule has 0 saturated heterocycles. The van der Waals surface area contributed by atoms with Crippen LogP contribution in [0.15, 0.2) is 30.5 Å². The fourth-order valence-corrected chi connectivity index (χ4v) is 3.01. The normalized spacial score (nSPS) is 15.8. The molecule has 1 aliphatic rings. The van der Waals surface area contributed by atoms with Crippen LogP contribution in [-0.4, -0.2) is 46.3 Å². The standard InChI is InChI=1S/C18H20ClF3N4O/c1-11(25(2)13-7-8-13)9-23-17(27)15-10-24-26(16(15)18(20,21)22)14-5-3-12(19)4-6-14/h3-6,10-11,13H,7-9H2,1-2H3,(H,23,27). The van der Waals surface area contributed by atoms with Gasteiger partial charge in [0.25, 0.3) is 5.91 Å². The number of carbonyl (C=O) groups excluding carboxylic acids is 1. The van der Waals surface area contributed by atoms with E-state index < -0.39 is 23.3 Å². The van der Waals surface area contributed by atoms with E-state index >= 15 is 0 Å². The van der Waals surface area contributed by atoms with Crippen LogP contribution in [0.4, 0.5) is 13.2 Å². The molecule has 1 unspecified atom stereocenters. The SMILES string of the molecule is CC(CNC(=O)c1cnn(-c2ccc(Cl)cc2)c1C(F)(F)F)N(C)C1CC1. The second kappa shape index (κ2) is 7.52. The highest BCUT2D eigenvalue weighted by atomic mass is 35.5. The molecule has 0 bridgehead atoms. The van der Waals surface area contributed by atoms with Gasteiger partial charge in [0.15, 0.2) is 5.69 Å². The number of hydrogen-bond acceptors (Lipinski definition) is 3. The molecule has 9 heteroatoms. The highest BCUT2D eigenvalue weighted by molar-refractivity contribution is 6.30. The van der Waals surface area contributed by atoms with E-state index in [4.69, 9.17) is 11.6 Å². The zero-order valence-electron chi connectivity index (χ0n) is 14.9. The smallest absolute Gasteiger partial charge is 0.350 e. The van der Waals surface area contributed by atoms with Crippen molar-refractivity contribution in [3.8, 4) is 5.69 Å². The molecule has 1 aliphatic carbocycles. The van der Waals surface area contributed by atoms with Gasteiger partial charge in [0.2, 0.25) is 0 Å². The summed E-state index contributed by atoms with van der Waals surface area (Å²) in [4.78, 5) is 14.5. The minimum atomic E-state index is -4.74. The topological polar surface area (TPSA) is 50.2 Å². The van der Waals surface area contributed by atoms with Gasteiger partial charge in [0.1, 0.15) is 0 Å². The molecule has 1 heterocycles. The van der Waals surface area contributed by atoms with E-state index in [9.17, 15) is 18.0 Å². The molecule has 1 amide bonds. The maximum atomic E-state index is 13.6. The highest BCUT2D eigenvalue weighted by Crippen LogP contribution is 2.34. The third-order valence-corrected chi connectivity index (χ3v) is 4.98. The lowest BCUT2D eigenvalue weighted by molar-refractivity contribution is -0.143. The number of rotatable bonds is 6. The summed E-state index contributed by atoms with van der Waals surface area (Å²) in [5.74, 6) is -0.793. The second-order valence-electron chi connectivity index (χ2n) is 6.75. The molecular weight excluding hydrogens is 381 g/mol. The summed E-state index contributed by atoms with van der Waals surface area (Å²) in [7, 11) is 1.95. The number of carbonyl (C=O) groups is 1. The zero-order chi connectivity index (χ0) is 19.8. The highest BCUT2D eigenvalue weighted by Gasteiger charge is 2.40. The van der Waals surface area contributed by atoms with Crippen molar-refractivity contribution in [2.75, 3.05) is 13.6 Å². The molecule has 146 valence electrons. The predicted molar refractivity (Wildman–Crippen MR) is 96.2 cm³/mol. The molecule has 1 saturated carbocycles. The Hall–Kier alpha value is -2.06. The van der Waals surface area contributed by atoms with Crippen LogP contribution < -0.4 is 5.32 Å². The molecule has 1 atom stereocenters. The van der Waals surface area contributed by atoms with Gasteiger partial charge in [-0.25, -0.2) is 4.68 Å². The number of amides is 1. The number of halogens is 4.